The lowest BCUT2D eigenvalue weighted by atomic mass is 10.1. The lowest BCUT2D eigenvalue weighted by Gasteiger charge is -2.32. The average molecular weight is 208 g/mol. The van der Waals surface area contributed by atoms with Gasteiger partial charge in [0.25, 0.3) is 0 Å². The van der Waals surface area contributed by atoms with Gasteiger partial charge in [-0.1, -0.05) is 6.07 Å². The Morgan fingerprint density at radius 1 is 1.33 bits per heavy atom. The van der Waals surface area contributed by atoms with Crippen LogP contribution in [0.4, 0.5) is 0 Å². The Hall–Kier alpha value is -1.22. The summed E-state index contributed by atoms with van der Waals surface area (Å²) in [5, 5.41) is 9.46. The fourth-order valence-corrected chi connectivity index (χ4v) is 1.56. The van der Waals surface area contributed by atoms with Crippen molar-refractivity contribution in [2.75, 3.05) is 6.61 Å². The number of aliphatic hydroxyl groups is 1. The van der Waals surface area contributed by atoms with Crippen molar-refractivity contribution >= 4 is 0 Å². The lowest BCUT2D eigenvalue weighted by Crippen LogP contribution is -2.38. The highest BCUT2D eigenvalue weighted by Crippen LogP contribution is 2.36. The van der Waals surface area contributed by atoms with E-state index in [0.29, 0.717) is 12.4 Å². The normalized spacial score (nSPS) is 19.7. The van der Waals surface area contributed by atoms with Gasteiger partial charge in [0.1, 0.15) is 12.2 Å². The topological polar surface area (TPSA) is 38.7 Å². The van der Waals surface area contributed by atoms with Crippen LogP contribution in [0.25, 0.3) is 0 Å². The minimum absolute atomic E-state index is 0.301. The van der Waals surface area contributed by atoms with Crippen LogP contribution in [0.15, 0.2) is 18.2 Å². The average Bonchev–Trinajstić information content (AvgIpc) is 2.15. The van der Waals surface area contributed by atoms with Crippen LogP contribution < -0.4 is 9.47 Å². The van der Waals surface area contributed by atoms with Crippen LogP contribution in [0, 0.1) is 0 Å². The second kappa shape index (κ2) is 3.42. The maximum atomic E-state index is 9.46. The van der Waals surface area contributed by atoms with Gasteiger partial charge < -0.3 is 14.6 Å². The van der Waals surface area contributed by atoms with Crippen molar-refractivity contribution < 1.29 is 14.6 Å². The predicted octanol–water partition coefficient (Wildman–Crippen LogP) is 2.29. The molecule has 2 rings (SSSR count). The van der Waals surface area contributed by atoms with Crippen LogP contribution in [-0.4, -0.2) is 17.3 Å². The fourth-order valence-electron chi connectivity index (χ4n) is 1.56. The van der Waals surface area contributed by atoms with E-state index in [2.05, 4.69) is 0 Å². The van der Waals surface area contributed by atoms with Crippen molar-refractivity contribution in [1.82, 2.24) is 0 Å². The first kappa shape index (κ1) is 10.3. The van der Waals surface area contributed by atoms with Gasteiger partial charge in [0, 0.05) is 0 Å². The highest BCUT2D eigenvalue weighted by molar-refractivity contribution is 5.45. The third kappa shape index (κ3) is 2.07. The SMILES string of the molecule is CC(O)c1ccc2c(c1)OC(C)(C)CO2. The zero-order valence-electron chi connectivity index (χ0n) is 9.28. The molecule has 15 heavy (non-hydrogen) atoms. The monoisotopic (exact) mass is 208 g/mol. The molecule has 3 heteroatoms. The summed E-state index contributed by atoms with van der Waals surface area (Å²) in [6, 6.07) is 5.53. The molecule has 3 nitrogen and oxygen atoms in total. The standard InChI is InChI=1S/C12H16O3/c1-8(13)9-4-5-10-11(6-9)15-12(2,3)7-14-10/h4-6,8,13H,7H2,1-3H3. The Morgan fingerprint density at radius 3 is 2.73 bits per heavy atom. The fraction of sp³-hybridized carbons (Fsp3) is 0.500. The van der Waals surface area contributed by atoms with Crippen molar-refractivity contribution in [2.24, 2.45) is 0 Å². The van der Waals surface area contributed by atoms with E-state index in [-0.39, 0.29) is 5.60 Å². The van der Waals surface area contributed by atoms with E-state index >= 15 is 0 Å². The summed E-state index contributed by atoms with van der Waals surface area (Å²) in [6.07, 6.45) is -0.482. The quantitative estimate of drug-likeness (QED) is 0.769. The van der Waals surface area contributed by atoms with E-state index in [9.17, 15) is 5.11 Å². The molecule has 0 aromatic heterocycles. The Kier molecular flexibility index (Phi) is 2.35. The van der Waals surface area contributed by atoms with Crippen LogP contribution >= 0.6 is 0 Å². The maximum absolute atomic E-state index is 9.46. The van der Waals surface area contributed by atoms with E-state index in [1.165, 1.54) is 0 Å². The number of hydrogen-bond donors (Lipinski definition) is 1. The van der Waals surface area contributed by atoms with Crippen LogP contribution in [-0.2, 0) is 0 Å². The first-order chi connectivity index (χ1) is 6.98. The molecule has 0 bridgehead atoms. The van der Waals surface area contributed by atoms with E-state index in [1.807, 2.05) is 32.0 Å². The predicted molar refractivity (Wildman–Crippen MR) is 57.3 cm³/mol. The molecule has 1 unspecified atom stereocenters. The zero-order chi connectivity index (χ0) is 11.1. The van der Waals surface area contributed by atoms with E-state index < -0.39 is 6.10 Å². The van der Waals surface area contributed by atoms with Crippen molar-refractivity contribution in [2.45, 2.75) is 32.5 Å². The molecule has 1 aliphatic heterocycles. The van der Waals surface area contributed by atoms with Gasteiger partial charge in [-0.25, -0.2) is 0 Å². The Morgan fingerprint density at radius 2 is 2.07 bits per heavy atom. The second-order valence-corrected chi connectivity index (χ2v) is 4.53. The van der Waals surface area contributed by atoms with E-state index in [1.54, 1.807) is 6.92 Å². The number of fused-ring (bicyclic) bond motifs is 1. The molecule has 1 aliphatic rings. The molecule has 1 aromatic rings. The summed E-state index contributed by atoms with van der Waals surface area (Å²) < 4.78 is 11.3. The summed E-state index contributed by atoms with van der Waals surface area (Å²) >= 11 is 0. The third-order valence-electron chi connectivity index (χ3n) is 2.41. The Bertz CT molecular complexity index is 369. The largest absolute Gasteiger partial charge is 0.486 e. The van der Waals surface area contributed by atoms with Gasteiger partial charge in [-0.3, -0.25) is 0 Å². The van der Waals surface area contributed by atoms with Crippen LogP contribution in [0.5, 0.6) is 11.5 Å². The Balaban J connectivity index is 2.35. The van der Waals surface area contributed by atoms with Crippen LogP contribution in [0.1, 0.15) is 32.4 Å². The second-order valence-electron chi connectivity index (χ2n) is 4.53. The zero-order valence-corrected chi connectivity index (χ0v) is 9.28. The first-order valence-corrected chi connectivity index (χ1v) is 5.12. The molecule has 1 heterocycles. The van der Waals surface area contributed by atoms with Gasteiger partial charge in [-0.05, 0) is 38.5 Å². The van der Waals surface area contributed by atoms with Crippen molar-refractivity contribution in [3.63, 3.8) is 0 Å². The van der Waals surface area contributed by atoms with Gasteiger partial charge in [-0.15, -0.1) is 0 Å². The molecular formula is C12H16O3. The van der Waals surface area contributed by atoms with Gasteiger partial charge in [-0.2, -0.15) is 0 Å². The number of hydrogen-bond acceptors (Lipinski definition) is 3. The molecule has 0 saturated carbocycles. The van der Waals surface area contributed by atoms with Crippen molar-refractivity contribution in [1.29, 1.82) is 0 Å². The molecule has 0 fully saturated rings. The molecule has 1 N–H and O–H groups in total. The summed E-state index contributed by atoms with van der Waals surface area (Å²) in [5.41, 5.74) is 0.541. The van der Waals surface area contributed by atoms with Crippen LogP contribution in [0.3, 0.4) is 0 Å². The summed E-state index contributed by atoms with van der Waals surface area (Å²) in [4.78, 5) is 0. The lowest BCUT2D eigenvalue weighted by molar-refractivity contribution is 0.0209. The molecule has 0 amide bonds. The minimum atomic E-state index is -0.482. The number of rotatable bonds is 1. The molecule has 1 aromatic carbocycles. The van der Waals surface area contributed by atoms with E-state index in [4.69, 9.17) is 9.47 Å². The molecule has 0 aliphatic carbocycles. The van der Waals surface area contributed by atoms with Gasteiger partial charge in [0.2, 0.25) is 0 Å². The smallest absolute Gasteiger partial charge is 0.162 e. The van der Waals surface area contributed by atoms with Crippen molar-refractivity contribution in [3.05, 3.63) is 23.8 Å². The molecule has 82 valence electrons. The molecule has 0 saturated heterocycles. The summed E-state index contributed by atoms with van der Waals surface area (Å²) in [7, 11) is 0. The number of ether oxygens (including phenoxy) is 2. The number of aliphatic hydroxyl groups excluding tert-OH is 1. The van der Waals surface area contributed by atoms with E-state index in [0.717, 1.165) is 11.3 Å². The van der Waals surface area contributed by atoms with Crippen LogP contribution in [0.2, 0.25) is 0 Å². The first-order valence-electron chi connectivity index (χ1n) is 5.12. The summed E-state index contributed by atoms with van der Waals surface area (Å²) in [6.45, 7) is 6.24. The maximum Gasteiger partial charge on any atom is 0.162 e. The third-order valence-corrected chi connectivity index (χ3v) is 2.41. The van der Waals surface area contributed by atoms with Crippen molar-refractivity contribution in [3.8, 4) is 11.5 Å². The number of benzene rings is 1. The van der Waals surface area contributed by atoms with Gasteiger partial charge in [0.15, 0.2) is 11.5 Å². The highest BCUT2D eigenvalue weighted by atomic mass is 16.6. The molecule has 1 atom stereocenters. The van der Waals surface area contributed by atoms with Gasteiger partial charge in [0.05, 0.1) is 6.10 Å². The molecular weight excluding hydrogens is 192 g/mol. The minimum Gasteiger partial charge on any atom is -0.486 e. The highest BCUT2D eigenvalue weighted by Gasteiger charge is 2.28. The molecule has 0 spiro atoms. The summed E-state index contributed by atoms with van der Waals surface area (Å²) in [5.74, 6) is 1.46. The van der Waals surface area contributed by atoms with Gasteiger partial charge >= 0.3 is 0 Å². The molecule has 0 radical (unpaired) electrons. The Labute approximate surface area is 89.6 Å².